The van der Waals surface area contributed by atoms with Crippen molar-refractivity contribution in [1.29, 1.82) is 0 Å². The smallest absolute Gasteiger partial charge is 0.277 e. The van der Waals surface area contributed by atoms with E-state index in [1.54, 1.807) is 0 Å². The Morgan fingerprint density at radius 1 is 1.32 bits per heavy atom. The fourth-order valence-corrected chi connectivity index (χ4v) is 2.71. The summed E-state index contributed by atoms with van der Waals surface area (Å²) in [6, 6.07) is -0.789. The van der Waals surface area contributed by atoms with Crippen LogP contribution in [0.5, 0.6) is 0 Å². The quantitative estimate of drug-likeness (QED) is 0.630. The van der Waals surface area contributed by atoms with Gasteiger partial charge in [0, 0.05) is 13.1 Å². The molecule has 4 amide bonds. The van der Waals surface area contributed by atoms with Crippen molar-refractivity contribution in [2.75, 3.05) is 19.3 Å². The molecule has 0 aromatic rings. The predicted octanol–water partition coefficient (Wildman–Crippen LogP) is -1.22. The molecule has 1 aliphatic heterocycles. The Bertz CT molecular complexity index is 537. The number of rotatable bonds is 4. The van der Waals surface area contributed by atoms with Crippen molar-refractivity contribution in [2.24, 2.45) is 5.41 Å². The van der Waals surface area contributed by atoms with Gasteiger partial charge < -0.3 is 0 Å². The van der Waals surface area contributed by atoms with Gasteiger partial charge in [-0.05, 0) is 12.8 Å². The van der Waals surface area contributed by atoms with Crippen LogP contribution in [0, 0.1) is 5.41 Å². The van der Waals surface area contributed by atoms with E-state index in [1.807, 2.05) is 0 Å². The van der Waals surface area contributed by atoms with Gasteiger partial charge in [0.2, 0.25) is 21.8 Å². The SMILES string of the molecule is CS(=O)(=O)NCCN1C(=O)NC(=O)C2(CCC2)C1=O. The Labute approximate surface area is 110 Å². The molecule has 1 heterocycles. The summed E-state index contributed by atoms with van der Waals surface area (Å²) in [6.45, 7) is -0.158. The second-order valence-electron chi connectivity index (χ2n) is 4.82. The number of imide groups is 2. The number of nitrogens with zero attached hydrogens (tertiary/aromatic N) is 1. The minimum atomic E-state index is -3.38. The zero-order valence-electron chi connectivity index (χ0n) is 10.4. The van der Waals surface area contributed by atoms with E-state index in [-0.39, 0.29) is 13.1 Å². The zero-order valence-corrected chi connectivity index (χ0v) is 11.2. The van der Waals surface area contributed by atoms with E-state index in [0.29, 0.717) is 12.8 Å². The molecule has 0 atom stereocenters. The highest BCUT2D eigenvalue weighted by atomic mass is 32.2. The zero-order chi connectivity index (χ0) is 14.3. The predicted molar refractivity (Wildman–Crippen MR) is 64.4 cm³/mol. The molecule has 1 aliphatic carbocycles. The van der Waals surface area contributed by atoms with Crippen LogP contribution in [0.3, 0.4) is 0 Å². The first-order chi connectivity index (χ1) is 8.76. The minimum absolute atomic E-state index is 0.0672. The summed E-state index contributed by atoms with van der Waals surface area (Å²) >= 11 is 0. The van der Waals surface area contributed by atoms with Crippen LogP contribution in [0.1, 0.15) is 19.3 Å². The molecule has 8 nitrogen and oxygen atoms in total. The molecule has 0 unspecified atom stereocenters. The highest BCUT2D eigenvalue weighted by Gasteiger charge is 2.57. The molecule has 1 saturated carbocycles. The number of sulfonamides is 1. The van der Waals surface area contributed by atoms with Gasteiger partial charge in [-0.3, -0.25) is 19.8 Å². The fraction of sp³-hybridized carbons (Fsp3) is 0.700. The topological polar surface area (TPSA) is 113 Å². The van der Waals surface area contributed by atoms with Crippen molar-refractivity contribution in [3.05, 3.63) is 0 Å². The monoisotopic (exact) mass is 289 g/mol. The third kappa shape index (κ3) is 2.47. The van der Waals surface area contributed by atoms with Crippen molar-refractivity contribution < 1.29 is 22.8 Å². The number of amides is 4. The molecule has 0 radical (unpaired) electrons. The number of barbiturate groups is 1. The molecule has 2 aliphatic rings. The summed E-state index contributed by atoms with van der Waals surface area (Å²) < 4.78 is 24.0. The van der Waals surface area contributed by atoms with Crippen LogP contribution in [0.15, 0.2) is 0 Å². The standard InChI is InChI=1S/C10H15N3O5S/c1-19(17,18)11-5-6-13-8(15)10(3-2-4-10)7(14)12-9(13)16/h11H,2-6H2,1H3,(H,12,14,16). The van der Waals surface area contributed by atoms with Gasteiger partial charge in [-0.15, -0.1) is 0 Å². The molecule has 106 valence electrons. The van der Waals surface area contributed by atoms with Crippen molar-refractivity contribution >= 4 is 27.9 Å². The highest BCUT2D eigenvalue weighted by Crippen LogP contribution is 2.44. The maximum atomic E-state index is 12.2. The molecule has 9 heteroatoms. The second-order valence-corrected chi connectivity index (χ2v) is 6.65. The first-order valence-corrected chi connectivity index (χ1v) is 7.77. The van der Waals surface area contributed by atoms with Crippen LogP contribution >= 0.6 is 0 Å². The Morgan fingerprint density at radius 3 is 2.42 bits per heavy atom. The lowest BCUT2D eigenvalue weighted by atomic mass is 9.66. The van der Waals surface area contributed by atoms with E-state index in [0.717, 1.165) is 17.6 Å². The lowest BCUT2D eigenvalue weighted by molar-refractivity contribution is -0.157. The van der Waals surface area contributed by atoms with Gasteiger partial charge in [-0.2, -0.15) is 0 Å². The lowest BCUT2D eigenvalue weighted by Gasteiger charge is -2.44. The molecule has 2 N–H and O–H groups in total. The highest BCUT2D eigenvalue weighted by molar-refractivity contribution is 7.88. The van der Waals surface area contributed by atoms with Gasteiger partial charge >= 0.3 is 6.03 Å². The second kappa shape index (κ2) is 4.57. The molecule has 0 bridgehead atoms. The van der Waals surface area contributed by atoms with Gasteiger partial charge in [0.15, 0.2) is 0 Å². The Kier molecular flexibility index (Phi) is 3.35. The fourth-order valence-electron chi connectivity index (χ4n) is 2.25. The van der Waals surface area contributed by atoms with E-state index in [1.165, 1.54) is 0 Å². The minimum Gasteiger partial charge on any atom is -0.277 e. The van der Waals surface area contributed by atoms with E-state index in [2.05, 4.69) is 10.0 Å². The molecule has 1 spiro atoms. The van der Waals surface area contributed by atoms with Crippen molar-refractivity contribution in [2.45, 2.75) is 19.3 Å². The maximum Gasteiger partial charge on any atom is 0.330 e. The van der Waals surface area contributed by atoms with Crippen LogP contribution in [-0.2, 0) is 19.6 Å². The van der Waals surface area contributed by atoms with Crippen molar-refractivity contribution in [3.63, 3.8) is 0 Å². The van der Waals surface area contributed by atoms with E-state index < -0.39 is 33.3 Å². The molecule has 2 rings (SSSR count). The van der Waals surface area contributed by atoms with Gasteiger partial charge in [0.25, 0.3) is 0 Å². The molecule has 1 saturated heterocycles. The summed E-state index contributed by atoms with van der Waals surface area (Å²) in [6.07, 6.45) is 2.62. The van der Waals surface area contributed by atoms with Crippen molar-refractivity contribution in [1.82, 2.24) is 14.9 Å². The van der Waals surface area contributed by atoms with Crippen LogP contribution in [0.4, 0.5) is 4.79 Å². The van der Waals surface area contributed by atoms with Gasteiger partial charge in [0.05, 0.1) is 6.26 Å². The molecular formula is C10H15N3O5S. The van der Waals surface area contributed by atoms with Crippen LogP contribution in [-0.4, -0.2) is 50.5 Å². The lowest BCUT2D eigenvalue weighted by Crippen LogP contribution is -2.66. The molecule has 0 aromatic carbocycles. The number of nitrogens with one attached hydrogen (secondary N) is 2. The summed E-state index contributed by atoms with van der Waals surface area (Å²) in [5.41, 5.74) is -1.11. The first kappa shape index (κ1) is 13.9. The molecule has 2 fully saturated rings. The van der Waals surface area contributed by atoms with Gasteiger partial charge in [-0.1, -0.05) is 6.42 Å². The number of carbonyl (C=O) groups is 3. The first-order valence-electron chi connectivity index (χ1n) is 5.88. The molecule has 0 aromatic heterocycles. The van der Waals surface area contributed by atoms with Crippen LogP contribution in [0.25, 0.3) is 0 Å². The van der Waals surface area contributed by atoms with E-state index >= 15 is 0 Å². The van der Waals surface area contributed by atoms with Crippen LogP contribution < -0.4 is 10.0 Å². The summed E-state index contributed by atoms with van der Waals surface area (Å²) in [7, 11) is -3.38. The largest absolute Gasteiger partial charge is 0.330 e. The van der Waals surface area contributed by atoms with E-state index in [9.17, 15) is 22.8 Å². The van der Waals surface area contributed by atoms with E-state index in [4.69, 9.17) is 0 Å². The summed E-state index contributed by atoms with van der Waals surface area (Å²) in [5.74, 6) is -1.07. The average molecular weight is 289 g/mol. The van der Waals surface area contributed by atoms with Gasteiger partial charge in [0.1, 0.15) is 5.41 Å². The maximum absolute atomic E-state index is 12.2. The number of carbonyl (C=O) groups excluding carboxylic acids is 3. The third-order valence-electron chi connectivity index (χ3n) is 3.46. The van der Waals surface area contributed by atoms with Crippen molar-refractivity contribution in [3.8, 4) is 0 Å². The van der Waals surface area contributed by atoms with Crippen LogP contribution in [0.2, 0.25) is 0 Å². The molecular weight excluding hydrogens is 274 g/mol. The molecule has 19 heavy (non-hydrogen) atoms. The Balaban J connectivity index is 2.05. The number of hydrogen-bond donors (Lipinski definition) is 2. The normalized spacial score (nSPS) is 22.4. The van der Waals surface area contributed by atoms with Gasteiger partial charge in [-0.25, -0.2) is 17.9 Å². The third-order valence-corrected chi connectivity index (χ3v) is 4.19. The number of hydrogen-bond acceptors (Lipinski definition) is 5. The number of urea groups is 1. The average Bonchev–Trinajstić information content (AvgIpc) is 2.19. The Morgan fingerprint density at radius 2 is 1.95 bits per heavy atom. The Hall–Kier alpha value is -1.48. The summed E-state index contributed by atoms with van der Waals surface area (Å²) in [4.78, 5) is 36.4. The summed E-state index contributed by atoms with van der Waals surface area (Å²) in [5, 5.41) is 2.15.